The minimum absolute atomic E-state index is 0.978. The van der Waals surface area contributed by atoms with Crippen LogP contribution in [0.4, 0.5) is 0 Å². The highest BCUT2D eigenvalue weighted by Crippen LogP contribution is 2.31. The lowest BCUT2D eigenvalue weighted by atomic mass is 10.0. The fourth-order valence-electron chi connectivity index (χ4n) is 5.22. The third-order valence-electron chi connectivity index (χ3n) is 6.82. The number of fused-ring (bicyclic) bond motifs is 4. The van der Waals surface area contributed by atoms with Crippen molar-refractivity contribution in [3.05, 3.63) is 93.7 Å². The molecule has 36 heavy (non-hydrogen) atoms. The minimum Gasteiger partial charge on any atom is -0.249 e. The number of rotatable bonds is 8. The Hall–Kier alpha value is -3.40. The molecule has 0 saturated heterocycles. The second-order valence-electron chi connectivity index (χ2n) is 9.94. The maximum atomic E-state index is 5.03. The van der Waals surface area contributed by atoms with E-state index in [4.69, 9.17) is 20.0 Å². The Morgan fingerprint density at radius 1 is 0.361 bits per heavy atom. The highest BCUT2D eigenvalue weighted by Gasteiger charge is 2.22. The summed E-state index contributed by atoms with van der Waals surface area (Å²) in [6.07, 6.45) is 25.9. The molecule has 0 radical (unpaired) electrons. The van der Waals surface area contributed by atoms with Crippen molar-refractivity contribution in [1.82, 2.24) is 0 Å². The zero-order valence-corrected chi connectivity index (χ0v) is 22.1. The molecule has 0 fully saturated rings. The molecule has 5 aliphatic rings. The first-order valence-electron chi connectivity index (χ1n) is 13.7. The van der Waals surface area contributed by atoms with Crippen LogP contribution in [-0.2, 0) is 0 Å². The summed E-state index contributed by atoms with van der Waals surface area (Å²) in [5, 5.41) is 0. The van der Waals surface area contributed by atoms with Gasteiger partial charge < -0.3 is 0 Å². The van der Waals surface area contributed by atoms with Crippen LogP contribution in [0.2, 0.25) is 0 Å². The van der Waals surface area contributed by atoms with Crippen LogP contribution in [-0.4, -0.2) is 22.8 Å². The molecule has 4 heteroatoms. The Kier molecular flexibility index (Phi) is 7.22. The molecule has 5 heterocycles. The van der Waals surface area contributed by atoms with Crippen LogP contribution >= 0.6 is 0 Å². The van der Waals surface area contributed by atoms with E-state index in [1.54, 1.807) is 0 Å². The van der Waals surface area contributed by atoms with Gasteiger partial charge in [0.25, 0.3) is 0 Å². The van der Waals surface area contributed by atoms with Crippen LogP contribution in [0, 0.1) is 0 Å². The van der Waals surface area contributed by atoms with Gasteiger partial charge in [-0.05, 0) is 96.6 Å². The molecule has 0 aromatic rings. The first-order chi connectivity index (χ1) is 17.6. The Morgan fingerprint density at radius 2 is 0.583 bits per heavy atom. The van der Waals surface area contributed by atoms with Gasteiger partial charge in [0.2, 0.25) is 0 Å². The summed E-state index contributed by atoms with van der Waals surface area (Å²) in [7, 11) is 0. The predicted molar refractivity (Wildman–Crippen MR) is 154 cm³/mol. The van der Waals surface area contributed by atoms with Crippen molar-refractivity contribution in [3.8, 4) is 0 Å². The monoisotopic (exact) mass is 476 g/mol. The molecule has 5 rings (SSSR count). The van der Waals surface area contributed by atoms with Crippen LogP contribution in [0.15, 0.2) is 114 Å². The lowest BCUT2D eigenvalue weighted by Crippen LogP contribution is -1.97. The molecule has 0 unspecified atom stereocenters. The Bertz CT molecular complexity index is 1130. The molecule has 0 aromatic heterocycles. The molecule has 8 bridgehead atoms. The fraction of sp³-hybridized carbons (Fsp3) is 0.375. The van der Waals surface area contributed by atoms with Crippen molar-refractivity contribution in [2.45, 2.75) is 79.1 Å². The molecule has 0 spiro atoms. The molecule has 4 nitrogen and oxygen atoms in total. The Balaban J connectivity index is 1.68. The van der Waals surface area contributed by atoms with E-state index in [0.717, 1.165) is 97.0 Å². The third-order valence-corrected chi connectivity index (χ3v) is 6.82. The Morgan fingerprint density at radius 3 is 0.778 bits per heavy atom. The van der Waals surface area contributed by atoms with Gasteiger partial charge >= 0.3 is 0 Å². The van der Waals surface area contributed by atoms with Crippen LogP contribution in [0.5, 0.6) is 0 Å². The van der Waals surface area contributed by atoms with E-state index in [0.29, 0.717) is 0 Å². The van der Waals surface area contributed by atoms with Crippen molar-refractivity contribution in [1.29, 1.82) is 0 Å². The van der Waals surface area contributed by atoms with Gasteiger partial charge in [-0.25, -0.2) is 20.0 Å². The molecular weight excluding hydrogens is 440 g/mol. The van der Waals surface area contributed by atoms with Gasteiger partial charge in [0.15, 0.2) is 0 Å². The van der Waals surface area contributed by atoms with Gasteiger partial charge in [-0.3, -0.25) is 0 Å². The summed E-state index contributed by atoms with van der Waals surface area (Å²) >= 11 is 0. The van der Waals surface area contributed by atoms with Crippen molar-refractivity contribution in [3.63, 3.8) is 0 Å². The van der Waals surface area contributed by atoms with E-state index in [1.165, 1.54) is 22.3 Å². The van der Waals surface area contributed by atoms with Crippen LogP contribution in [0.3, 0.4) is 0 Å². The van der Waals surface area contributed by atoms with Crippen LogP contribution in [0.1, 0.15) is 79.1 Å². The lowest BCUT2D eigenvalue weighted by Gasteiger charge is -2.00. The number of hydrogen-bond acceptors (Lipinski definition) is 4. The molecule has 5 aliphatic heterocycles. The number of aliphatic imine (C=N–C) groups is 4. The highest BCUT2D eigenvalue weighted by molar-refractivity contribution is 6.18. The Labute approximate surface area is 215 Å². The van der Waals surface area contributed by atoms with E-state index in [2.05, 4.69) is 76.3 Å². The van der Waals surface area contributed by atoms with Gasteiger partial charge in [-0.15, -0.1) is 0 Å². The summed E-state index contributed by atoms with van der Waals surface area (Å²) in [4.78, 5) is 20.1. The van der Waals surface area contributed by atoms with Crippen LogP contribution in [0.25, 0.3) is 0 Å². The smallest absolute Gasteiger partial charge is 0.0691 e. The van der Waals surface area contributed by atoms with E-state index < -0.39 is 0 Å². The summed E-state index contributed by atoms with van der Waals surface area (Å²) in [6.45, 7) is 8.88. The molecule has 184 valence electrons. The fourth-order valence-corrected chi connectivity index (χ4v) is 5.22. The lowest BCUT2D eigenvalue weighted by molar-refractivity contribution is 0.938. The van der Waals surface area contributed by atoms with E-state index >= 15 is 0 Å². The average molecular weight is 477 g/mol. The zero-order chi connectivity index (χ0) is 25.1. The molecule has 0 N–H and O–H groups in total. The zero-order valence-electron chi connectivity index (χ0n) is 22.1. The quantitative estimate of drug-likeness (QED) is 0.338. The first kappa shape index (κ1) is 24.3. The average Bonchev–Trinajstić information content (AvgIpc) is 3.59. The van der Waals surface area contributed by atoms with E-state index in [1.807, 2.05) is 0 Å². The molecule has 0 aromatic carbocycles. The summed E-state index contributed by atoms with van der Waals surface area (Å²) < 4.78 is 0. The topological polar surface area (TPSA) is 49.4 Å². The summed E-state index contributed by atoms with van der Waals surface area (Å²) in [5.74, 6) is 0. The maximum Gasteiger partial charge on any atom is 0.0691 e. The third kappa shape index (κ3) is 5.09. The number of nitrogens with zero attached hydrogens (tertiary/aromatic N) is 4. The highest BCUT2D eigenvalue weighted by atomic mass is 14.9. The maximum absolute atomic E-state index is 5.03. The molecule has 0 atom stereocenters. The number of allylic oxidation sites excluding steroid dienone is 12. The van der Waals surface area contributed by atoms with Gasteiger partial charge in [0, 0.05) is 0 Å². The SMILES string of the molecule is CCCC1=CC2=CC3=NC(=CC4=NC(=CC5=NC(=CC1=N2)C=C5CCC)C=C4CCC)C=C3CCC. The van der Waals surface area contributed by atoms with Gasteiger partial charge in [-0.1, -0.05) is 53.4 Å². The van der Waals surface area contributed by atoms with Crippen molar-refractivity contribution >= 4 is 22.8 Å². The number of hydrogen-bond donors (Lipinski definition) is 0. The van der Waals surface area contributed by atoms with Crippen molar-refractivity contribution in [2.75, 3.05) is 0 Å². The van der Waals surface area contributed by atoms with Gasteiger partial charge in [0.05, 0.1) is 45.6 Å². The normalized spacial score (nSPS) is 20.3. The van der Waals surface area contributed by atoms with Gasteiger partial charge in [0.1, 0.15) is 0 Å². The van der Waals surface area contributed by atoms with E-state index in [-0.39, 0.29) is 0 Å². The standard InChI is InChI=1S/C32H36N4/c1-5-9-21-13-25-18-30-23(11-7-3)15-27(35-30)20-32-24(12-8-4)16-28(36-32)19-31-22(10-6-2)14-26(34-31)17-29(21)33-25/h13-20H,5-12H2,1-4H3. The second-order valence-corrected chi connectivity index (χ2v) is 9.94. The molecular formula is C32H36N4. The van der Waals surface area contributed by atoms with Crippen molar-refractivity contribution < 1.29 is 0 Å². The summed E-state index contributed by atoms with van der Waals surface area (Å²) in [5.41, 5.74) is 13.1. The van der Waals surface area contributed by atoms with Crippen molar-refractivity contribution in [2.24, 2.45) is 20.0 Å². The second kappa shape index (κ2) is 10.7. The van der Waals surface area contributed by atoms with E-state index in [9.17, 15) is 0 Å². The van der Waals surface area contributed by atoms with Crippen LogP contribution < -0.4 is 0 Å². The molecule has 0 aliphatic carbocycles. The summed E-state index contributed by atoms with van der Waals surface area (Å²) in [6, 6.07) is 0. The molecule has 0 saturated carbocycles. The van der Waals surface area contributed by atoms with Gasteiger partial charge in [-0.2, -0.15) is 0 Å². The largest absolute Gasteiger partial charge is 0.249 e. The minimum atomic E-state index is 0.978. The first-order valence-corrected chi connectivity index (χ1v) is 13.7. The molecule has 0 amide bonds. The predicted octanol–water partition coefficient (Wildman–Crippen LogP) is 8.26.